The number of nitrogens with one attached hydrogen (secondary N) is 1. The zero-order valence-electron chi connectivity index (χ0n) is 11.7. The van der Waals surface area contributed by atoms with Gasteiger partial charge in [-0.1, -0.05) is 51.6 Å². The first-order valence-electron chi connectivity index (χ1n) is 6.73. The van der Waals surface area contributed by atoms with Crippen LogP contribution in [-0.2, 0) is 0 Å². The number of hydrogen-bond acceptors (Lipinski definition) is 2. The lowest BCUT2D eigenvalue weighted by Gasteiger charge is -2.26. The van der Waals surface area contributed by atoms with Crippen molar-refractivity contribution in [3.05, 3.63) is 23.2 Å². The summed E-state index contributed by atoms with van der Waals surface area (Å²) in [4.78, 5) is 0. The summed E-state index contributed by atoms with van der Waals surface area (Å²) in [6.07, 6.45) is 5.10. The second-order valence-electron chi connectivity index (χ2n) is 5.71. The van der Waals surface area contributed by atoms with E-state index in [9.17, 15) is 0 Å². The molecule has 0 spiro atoms. The second-order valence-corrected chi connectivity index (χ2v) is 6.14. The van der Waals surface area contributed by atoms with Gasteiger partial charge in [0.25, 0.3) is 0 Å². The number of rotatable bonds is 7. The van der Waals surface area contributed by atoms with E-state index in [2.05, 4.69) is 26.1 Å². The van der Waals surface area contributed by atoms with Gasteiger partial charge < -0.3 is 11.1 Å². The third-order valence-electron chi connectivity index (χ3n) is 3.23. The van der Waals surface area contributed by atoms with Crippen molar-refractivity contribution in [2.24, 2.45) is 5.41 Å². The van der Waals surface area contributed by atoms with Gasteiger partial charge in [-0.25, -0.2) is 0 Å². The van der Waals surface area contributed by atoms with E-state index >= 15 is 0 Å². The zero-order valence-corrected chi connectivity index (χ0v) is 12.5. The van der Waals surface area contributed by atoms with Crippen LogP contribution in [0, 0.1) is 5.41 Å². The average molecular weight is 269 g/mol. The third-order valence-corrected chi connectivity index (χ3v) is 3.46. The van der Waals surface area contributed by atoms with Gasteiger partial charge in [0.05, 0.1) is 11.4 Å². The average Bonchev–Trinajstić information content (AvgIpc) is 2.31. The van der Waals surface area contributed by atoms with Gasteiger partial charge in [-0.05, 0) is 30.0 Å². The summed E-state index contributed by atoms with van der Waals surface area (Å²) in [5.74, 6) is 0. The van der Waals surface area contributed by atoms with Crippen molar-refractivity contribution < 1.29 is 0 Å². The van der Waals surface area contributed by atoms with Crippen LogP contribution in [0.1, 0.15) is 46.5 Å². The van der Waals surface area contributed by atoms with E-state index in [0.29, 0.717) is 0 Å². The lowest BCUT2D eigenvalue weighted by Crippen LogP contribution is -2.23. The molecule has 3 N–H and O–H groups in total. The van der Waals surface area contributed by atoms with Crippen molar-refractivity contribution in [2.45, 2.75) is 46.5 Å². The van der Waals surface area contributed by atoms with Crippen LogP contribution in [0.3, 0.4) is 0 Å². The van der Waals surface area contributed by atoms with Crippen molar-refractivity contribution in [1.29, 1.82) is 0 Å². The summed E-state index contributed by atoms with van der Waals surface area (Å²) < 4.78 is 0. The summed E-state index contributed by atoms with van der Waals surface area (Å²) >= 11 is 5.97. The molecule has 1 aromatic rings. The van der Waals surface area contributed by atoms with Gasteiger partial charge in [0.15, 0.2) is 0 Å². The number of unbranched alkanes of at least 4 members (excludes halogenated alkanes) is 2. The van der Waals surface area contributed by atoms with Gasteiger partial charge in [0.2, 0.25) is 0 Å². The monoisotopic (exact) mass is 268 g/mol. The fourth-order valence-electron chi connectivity index (χ4n) is 1.96. The normalized spacial score (nSPS) is 11.6. The Hall–Kier alpha value is -0.890. The fraction of sp³-hybridized carbons (Fsp3) is 0.600. The zero-order chi connectivity index (χ0) is 13.6. The molecule has 0 heterocycles. The first kappa shape index (κ1) is 15.2. The minimum Gasteiger partial charge on any atom is -0.397 e. The summed E-state index contributed by atoms with van der Waals surface area (Å²) in [6, 6.07) is 5.54. The molecule has 0 radical (unpaired) electrons. The molecule has 1 rings (SSSR count). The molecule has 0 aromatic heterocycles. The molecular weight excluding hydrogens is 244 g/mol. The molecule has 0 amide bonds. The van der Waals surface area contributed by atoms with Crippen LogP contribution in [0.4, 0.5) is 11.4 Å². The van der Waals surface area contributed by atoms with Crippen molar-refractivity contribution in [1.82, 2.24) is 0 Å². The number of benzene rings is 1. The van der Waals surface area contributed by atoms with Crippen LogP contribution in [0.2, 0.25) is 5.02 Å². The Morgan fingerprint density at radius 3 is 2.67 bits per heavy atom. The minimum absolute atomic E-state index is 0.282. The summed E-state index contributed by atoms with van der Waals surface area (Å²) in [6.45, 7) is 7.73. The predicted molar refractivity (Wildman–Crippen MR) is 82.3 cm³/mol. The highest BCUT2D eigenvalue weighted by molar-refractivity contribution is 6.31. The fourth-order valence-corrected chi connectivity index (χ4v) is 2.13. The first-order valence-corrected chi connectivity index (χ1v) is 7.11. The molecule has 102 valence electrons. The van der Waals surface area contributed by atoms with Crippen molar-refractivity contribution in [3.8, 4) is 0 Å². The Bertz CT molecular complexity index is 375. The molecule has 0 aliphatic carbocycles. The number of halogens is 1. The van der Waals surface area contributed by atoms with Crippen molar-refractivity contribution in [2.75, 3.05) is 17.6 Å². The van der Waals surface area contributed by atoms with Gasteiger partial charge in [0.1, 0.15) is 0 Å². The van der Waals surface area contributed by atoms with Gasteiger partial charge in [-0.2, -0.15) is 0 Å². The van der Waals surface area contributed by atoms with E-state index in [1.165, 1.54) is 25.7 Å². The van der Waals surface area contributed by atoms with Gasteiger partial charge in [-0.3, -0.25) is 0 Å². The number of nitrogens with two attached hydrogens (primary N) is 1. The van der Waals surface area contributed by atoms with E-state index in [0.717, 1.165) is 22.9 Å². The molecule has 1 aromatic carbocycles. The summed E-state index contributed by atoms with van der Waals surface area (Å²) in [7, 11) is 0. The standard InChI is InChI=1S/C15H25ClN2/c1-4-5-6-9-15(2,3)11-18-14-10-12(16)7-8-13(14)17/h7-8,10,18H,4-6,9,11,17H2,1-3H3. The van der Waals surface area contributed by atoms with E-state index in [1.54, 1.807) is 0 Å². The van der Waals surface area contributed by atoms with Gasteiger partial charge in [-0.15, -0.1) is 0 Å². The predicted octanol–water partition coefficient (Wildman–Crippen LogP) is 4.94. The van der Waals surface area contributed by atoms with Crippen molar-refractivity contribution in [3.63, 3.8) is 0 Å². The molecule has 2 nitrogen and oxygen atoms in total. The molecule has 0 bridgehead atoms. The lowest BCUT2D eigenvalue weighted by molar-refractivity contribution is 0.342. The number of hydrogen-bond donors (Lipinski definition) is 2. The van der Waals surface area contributed by atoms with Crippen LogP contribution >= 0.6 is 11.6 Å². The maximum atomic E-state index is 5.97. The molecule has 18 heavy (non-hydrogen) atoms. The topological polar surface area (TPSA) is 38.0 Å². The van der Waals surface area contributed by atoms with Gasteiger partial charge >= 0.3 is 0 Å². The Kier molecular flexibility index (Phi) is 5.80. The molecule has 0 aliphatic rings. The molecule has 0 atom stereocenters. The molecule has 0 fully saturated rings. The smallest absolute Gasteiger partial charge is 0.0589 e. The largest absolute Gasteiger partial charge is 0.397 e. The molecular formula is C15H25ClN2. The quantitative estimate of drug-likeness (QED) is 0.543. The maximum absolute atomic E-state index is 5.97. The van der Waals surface area contributed by atoms with Gasteiger partial charge in [0, 0.05) is 11.6 Å². The van der Waals surface area contributed by atoms with Crippen LogP contribution in [0.5, 0.6) is 0 Å². The highest BCUT2D eigenvalue weighted by Gasteiger charge is 2.17. The molecule has 0 aliphatic heterocycles. The first-order chi connectivity index (χ1) is 8.44. The number of nitrogen functional groups attached to an aromatic ring is 1. The third kappa shape index (κ3) is 5.18. The summed E-state index contributed by atoms with van der Waals surface area (Å²) in [5, 5.41) is 4.13. The van der Waals surface area contributed by atoms with Crippen LogP contribution in [0.15, 0.2) is 18.2 Å². The minimum atomic E-state index is 0.282. The lowest BCUT2D eigenvalue weighted by atomic mass is 9.87. The Labute approximate surface area is 116 Å². The van der Waals surface area contributed by atoms with Crippen molar-refractivity contribution >= 4 is 23.0 Å². The van der Waals surface area contributed by atoms with Crippen LogP contribution in [0.25, 0.3) is 0 Å². The maximum Gasteiger partial charge on any atom is 0.0589 e. The molecule has 0 saturated carbocycles. The van der Waals surface area contributed by atoms with Crippen LogP contribution in [-0.4, -0.2) is 6.54 Å². The molecule has 0 unspecified atom stereocenters. The van der Waals surface area contributed by atoms with E-state index in [1.807, 2.05) is 18.2 Å². The van der Waals surface area contributed by atoms with E-state index < -0.39 is 0 Å². The highest BCUT2D eigenvalue weighted by Crippen LogP contribution is 2.27. The Morgan fingerprint density at radius 1 is 1.28 bits per heavy atom. The Morgan fingerprint density at radius 2 is 2.00 bits per heavy atom. The molecule has 0 saturated heterocycles. The summed E-state index contributed by atoms with van der Waals surface area (Å²) in [5.41, 5.74) is 7.89. The van der Waals surface area contributed by atoms with Crippen LogP contribution < -0.4 is 11.1 Å². The highest BCUT2D eigenvalue weighted by atomic mass is 35.5. The van der Waals surface area contributed by atoms with E-state index in [4.69, 9.17) is 17.3 Å². The number of anilines is 2. The second kappa shape index (κ2) is 6.89. The Balaban J connectivity index is 2.50. The van der Waals surface area contributed by atoms with E-state index in [-0.39, 0.29) is 5.41 Å². The molecule has 3 heteroatoms. The SMILES string of the molecule is CCCCCC(C)(C)CNc1cc(Cl)ccc1N.